The number of hydrogen-bond donors (Lipinski definition) is 0. The van der Waals surface area contributed by atoms with Crippen LogP contribution in [-0.2, 0) is 6.42 Å². The summed E-state index contributed by atoms with van der Waals surface area (Å²) in [4.78, 5) is 12.6. The van der Waals surface area contributed by atoms with Crippen LogP contribution in [0.3, 0.4) is 0 Å². The summed E-state index contributed by atoms with van der Waals surface area (Å²) in [7, 11) is 0. The highest BCUT2D eigenvalue weighted by atomic mass is 16.5. The fraction of sp³-hybridized carbons (Fsp3) is 0.370. The van der Waals surface area contributed by atoms with E-state index in [0.29, 0.717) is 24.3 Å². The summed E-state index contributed by atoms with van der Waals surface area (Å²) in [5, 5.41) is 0. The molecule has 0 bridgehead atoms. The highest BCUT2D eigenvalue weighted by Crippen LogP contribution is 2.36. The van der Waals surface area contributed by atoms with Crippen LogP contribution in [0.2, 0.25) is 0 Å². The van der Waals surface area contributed by atoms with Crippen LogP contribution in [0.4, 0.5) is 0 Å². The molecule has 0 saturated heterocycles. The molecule has 0 aliphatic carbocycles. The molecule has 31 heavy (non-hydrogen) atoms. The zero-order chi connectivity index (χ0) is 22.8. The molecule has 2 rings (SSSR count). The maximum Gasteiger partial charge on any atom is 0.185 e. The number of ether oxygens (including phenoxy) is 3. The topological polar surface area (TPSA) is 44.8 Å². The molecule has 0 unspecified atom stereocenters. The Morgan fingerprint density at radius 1 is 1.03 bits per heavy atom. The predicted octanol–water partition coefficient (Wildman–Crippen LogP) is 6.67. The summed E-state index contributed by atoms with van der Waals surface area (Å²) in [6.07, 6.45) is 6.83. The first-order valence-electron chi connectivity index (χ1n) is 10.9. The second-order valence-electron chi connectivity index (χ2n) is 7.90. The highest BCUT2D eigenvalue weighted by molar-refractivity contribution is 6.06. The molecule has 0 aromatic heterocycles. The Morgan fingerprint density at radius 3 is 2.29 bits per heavy atom. The summed E-state index contributed by atoms with van der Waals surface area (Å²) in [6.45, 7) is 14.5. The Morgan fingerprint density at radius 2 is 1.71 bits per heavy atom. The van der Waals surface area contributed by atoms with Crippen LogP contribution in [0.25, 0.3) is 6.08 Å². The lowest BCUT2D eigenvalue weighted by molar-refractivity contribution is 0.104. The Kier molecular flexibility index (Phi) is 9.39. The highest BCUT2D eigenvalue weighted by Gasteiger charge is 2.15. The maximum atomic E-state index is 12.6. The van der Waals surface area contributed by atoms with Gasteiger partial charge in [-0.05, 0) is 88.6 Å². The number of benzene rings is 2. The minimum absolute atomic E-state index is 0.000367. The first-order valence-corrected chi connectivity index (χ1v) is 10.9. The van der Waals surface area contributed by atoms with E-state index in [1.54, 1.807) is 18.2 Å². The van der Waals surface area contributed by atoms with Crippen LogP contribution in [0.1, 0.15) is 62.5 Å². The SMILES string of the molecule is C=CCc1cc(/C=C/C(=O)c2ccc(OCCC)cc2)cc(OC(C)C)c1OC(C)C. The number of hydrogen-bond acceptors (Lipinski definition) is 4. The van der Waals surface area contributed by atoms with E-state index in [1.807, 2.05) is 64.1 Å². The standard InChI is InChI=1S/C27H34O4/c1-7-9-23-17-21(18-26(30-19(3)4)27(23)31-20(5)6)10-15-25(28)22-11-13-24(14-12-22)29-16-8-2/h7,10-15,17-20H,1,8-9,16H2,2-6H3/b15-10+. The van der Waals surface area contributed by atoms with Crippen molar-refractivity contribution >= 4 is 11.9 Å². The van der Waals surface area contributed by atoms with Gasteiger partial charge in [-0.3, -0.25) is 4.79 Å². The molecule has 0 N–H and O–H groups in total. The summed E-state index contributed by atoms with van der Waals surface area (Å²) >= 11 is 0. The summed E-state index contributed by atoms with van der Waals surface area (Å²) in [5.41, 5.74) is 2.47. The van der Waals surface area contributed by atoms with E-state index in [-0.39, 0.29) is 18.0 Å². The maximum absolute atomic E-state index is 12.6. The molecule has 0 saturated carbocycles. The molecule has 0 atom stereocenters. The van der Waals surface area contributed by atoms with Gasteiger partial charge in [-0.25, -0.2) is 0 Å². The van der Waals surface area contributed by atoms with E-state index < -0.39 is 0 Å². The van der Waals surface area contributed by atoms with Gasteiger partial charge >= 0.3 is 0 Å². The van der Waals surface area contributed by atoms with Gasteiger partial charge in [0.05, 0.1) is 18.8 Å². The van der Waals surface area contributed by atoms with Gasteiger partial charge in [0.15, 0.2) is 17.3 Å². The molecule has 0 spiro atoms. The Balaban J connectivity index is 2.29. The van der Waals surface area contributed by atoms with Crippen molar-refractivity contribution in [2.75, 3.05) is 6.61 Å². The van der Waals surface area contributed by atoms with Crippen molar-refractivity contribution in [3.05, 3.63) is 71.8 Å². The quantitative estimate of drug-likeness (QED) is 0.218. The minimum Gasteiger partial charge on any atom is -0.494 e. The van der Waals surface area contributed by atoms with Crippen LogP contribution >= 0.6 is 0 Å². The number of carbonyl (C=O) groups is 1. The van der Waals surface area contributed by atoms with E-state index in [2.05, 4.69) is 13.5 Å². The third-order valence-electron chi connectivity index (χ3n) is 4.27. The van der Waals surface area contributed by atoms with E-state index in [9.17, 15) is 4.79 Å². The van der Waals surface area contributed by atoms with E-state index in [0.717, 1.165) is 29.0 Å². The zero-order valence-corrected chi connectivity index (χ0v) is 19.3. The van der Waals surface area contributed by atoms with Gasteiger partial charge in [-0.15, -0.1) is 6.58 Å². The lowest BCUT2D eigenvalue weighted by Gasteiger charge is -2.20. The van der Waals surface area contributed by atoms with Gasteiger partial charge < -0.3 is 14.2 Å². The molecule has 0 fully saturated rings. The van der Waals surface area contributed by atoms with Crippen LogP contribution in [-0.4, -0.2) is 24.6 Å². The van der Waals surface area contributed by atoms with Crippen molar-refractivity contribution in [3.8, 4) is 17.2 Å². The Bertz CT molecular complexity index is 892. The van der Waals surface area contributed by atoms with Crippen molar-refractivity contribution in [3.63, 3.8) is 0 Å². The first-order chi connectivity index (χ1) is 14.8. The average Bonchev–Trinajstić information content (AvgIpc) is 2.72. The van der Waals surface area contributed by atoms with E-state index in [4.69, 9.17) is 14.2 Å². The summed E-state index contributed by atoms with van der Waals surface area (Å²) in [5.74, 6) is 2.11. The van der Waals surface area contributed by atoms with Crippen LogP contribution < -0.4 is 14.2 Å². The third kappa shape index (κ3) is 7.63. The molecular weight excluding hydrogens is 388 g/mol. The molecule has 2 aromatic carbocycles. The van der Waals surface area contributed by atoms with E-state index in [1.165, 1.54) is 0 Å². The van der Waals surface area contributed by atoms with Crippen molar-refractivity contribution in [2.45, 2.75) is 59.7 Å². The summed E-state index contributed by atoms with van der Waals surface area (Å²) < 4.78 is 17.6. The number of rotatable bonds is 12. The van der Waals surface area contributed by atoms with Gasteiger partial charge in [0, 0.05) is 11.1 Å². The molecule has 2 aromatic rings. The van der Waals surface area contributed by atoms with Gasteiger partial charge in [-0.1, -0.05) is 19.1 Å². The minimum atomic E-state index is -0.0684. The number of carbonyl (C=O) groups excluding carboxylic acids is 1. The third-order valence-corrected chi connectivity index (χ3v) is 4.27. The second kappa shape index (κ2) is 12.0. The zero-order valence-electron chi connectivity index (χ0n) is 19.3. The smallest absolute Gasteiger partial charge is 0.185 e. The lowest BCUT2D eigenvalue weighted by Crippen LogP contribution is -2.12. The lowest BCUT2D eigenvalue weighted by atomic mass is 10.0. The van der Waals surface area contributed by atoms with Crippen LogP contribution in [0.5, 0.6) is 17.2 Å². The molecule has 0 heterocycles. The van der Waals surface area contributed by atoms with Crippen molar-refractivity contribution in [1.82, 2.24) is 0 Å². The molecule has 4 heteroatoms. The molecule has 0 amide bonds. The second-order valence-corrected chi connectivity index (χ2v) is 7.90. The Hall–Kier alpha value is -3.01. The monoisotopic (exact) mass is 422 g/mol. The largest absolute Gasteiger partial charge is 0.494 e. The molecule has 0 aliphatic heterocycles. The van der Waals surface area contributed by atoms with Crippen molar-refractivity contribution in [1.29, 1.82) is 0 Å². The van der Waals surface area contributed by atoms with Crippen molar-refractivity contribution < 1.29 is 19.0 Å². The fourth-order valence-electron chi connectivity index (χ4n) is 3.00. The summed E-state index contributed by atoms with van der Waals surface area (Å²) in [6, 6.07) is 11.1. The normalized spacial score (nSPS) is 11.2. The van der Waals surface area contributed by atoms with E-state index >= 15 is 0 Å². The molecule has 166 valence electrons. The van der Waals surface area contributed by atoms with Crippen LogP contribution in [0.15, 0.2) is 55.1 Å². The van der Waals surface area contributed by atoms with Crippen LogP contribution in [0, 0.1) is 0 Å². The molecule has 0 aliphatic rings. The van der Waals surface area contributed by atoms with Crippen molar-refractivity contribution in [2.24, 2.45) is 0 Å². The predicted molar refractivity (Wildman–Crippen MR) is 127 cm³/mol. The number of ketones is 1. The van der Waals surface area contributed by atoms with Gasteiger partial charge in [0.25, 0.3) is 0 Å². The number of allylic oxidation sites excluding steroid dienone is 2. The van der Waals surface area contributed by atoms with Gasteiger partial charge in [0.2, 0.25) is 0 Å². The fourth-order valence-corrected chi connectivity index (χ4v) is 3.00. The van der Waals surface area contributed by atoms with Gasteiger partial charge in [0.1, 0.15) is 5.75 Å². The Labute approximate surface area is 186 Å². The average molecular weight is 423 g/mol. The first kappa shape index (κ1) is 24.3. The van der Waals surface area contributed by atoms with Gasteiger partial charge in [-0.2, -0.15) is 0 Å². The molecule has 0 radical (unpaired) electrons. The molecule has 4 nitrogen and oxygen atoms in total. The molecular formula is C27H34O4.